The molecule has 3 aliphatic heterocycles. The van der Waals surface area contributed by atoms with Gasteiger partial charge in [-0.1, -0.05) is 0 Å². The summed E-state index contributed by atoms with van der Waals surface area (Å²) in [4.78, 5) is 51.8. The molecule has 0 aromatic rings. The van der Waals surface area contributed by atoms with Gasteiger partial charge in [0.25, 0.3) is 0 Å². The molecule has 13 nitrogen and oxygen atoms in total. The molecule has 0 spiro atoms. The highest BCUT2D eigenvalue weighted by molar-refractivity contribution is 5.70. The number of carbonyl (C=O) groups is 3. The number of nitrogens with zero attached hydrogens (tertiary/aromatic N) is 3. The molecule has 0 aromatic heterocycles. The number of hydroxylamine groups is 6. The summed E-state index contributed by atoms with van der Waals surface area (Å²) in [7, 11) is 0. The fourth-order valence-electron chi connectivity index (χ4n) is 3.44. The number of carbonyl (C=O) groups excluding carboxylic acids is 3. The second-order valence-corrected chi connectivity index (χ2v) is 8.52. The molecule has 33 heavy (non-hydrogen) atoms. The van der Waals surface area contributed by atoms with Gasteiger partial charge in [0.1, 0.15) is 0 Å². The number of hydrogen-bond acceptors (Lipinski definition) is 13. The Bertz CT molecular complexity index is 651. The van der Waals surface area contributed by atoms with Crippen LogP contribution < -0.4 is 0 Å². The van der Waals surface area contributed by atoms with E-state index in [0.29, 0.717) is 39.3 Å². The van der Waals surface area contributed by atoms with Crippen molar-refractivity contribution in [3.05, 3.63) is 0 Å². The minimum absolute atomic E-state index is 0.0699. The first-order chi connectivity index (χ1) is 15.8. The molecule has 0 radical (unpaired) electrons. The van der Waals surface area contributed by atoms with E-state index < -0.39 is 48.7 Å². The summed E-state index contributed by atoms with van der Waals surface area (Å²) in [5.74, 6) is -1.61. The summed E-state index contributed by atoms with van der Waals surface area (Å²) < 4.78 is 6.04. The molecule has 3 rings (SSSR count). The van der Waals surface area contributed by atoms with Crippen molar-refractivity contribution in [3.8, 4) is 0 Å². The van der Waals surface area contributed by atoms with Gasteiger partial charge in [0, 0.05) is 0 Å². The molecule has 3 aliphatic rings. The molecule has 0 aliphatic carbocycles. The van der Waals surface area contributed by atoms with Gasteiger partial charge in [0.15, 0.2) is 0 Å². The van der Waals surface area contributed by atoms with E-state index in [-0.39, 0.29) is 38.7 Å². The van der Waals surface area contributed by atoms with Crippen LogP contribution in [0.1, 0.15) is 32.1 Å². The Balaban J connectivity index is 1.72. The van der Waals surface area contributed by atoms with Gasteiger partial charge in [-0.2, -0.15) is 0 Å². The second kappa shape index (κ2) is 11.5. The first-order valence-corrected chi connectivity index (χ1v) is 11.2. The van der Waals surface area contributed by atoms with E-state index in [1.807, 2.05) is 0 Å². The van der Waals surface area contributed by atoms with Crippen molar-refractivity contribution in [3.63, 3.8) is 0 Å². The molecule has 0 unspecified atom stereocenters. The van der Waals surface area contributed by atoms with E-state index in [1.165, 1.54) is 15.2 Å². The van der Waals surface area contributed by atoms with E-state index in [4.69, 9.17) is 19.2 Å². The minimum Gasteiger partial charge on any atom is -0.395 e. The van der Waals surface area contributed by atoms with Crippen LogP contribution in [-0.2, 0) is 33.6 Å². The monoisotopic (exact) mass is 475 g/mol. The quantitative estimate of drug-likeness (QED) is 0.198. The summed E-state index contributed by atoms with van der Waals surface area (Å²) in [5, 5.41) is 34.8. The highest BCUT2D eigenvalue weighted by Gasteiger charge is 2.52. The van der Waals surface area contributed by atoms with Crippen LogP contribution in [0.15, 0.2) is 0 Å². The Morgan fingerprint density at radius 1 is 0.636 bits per heavy atom. The summed E-state index contributed by atoms with van der Waals surface area (Å²) in [6.07, 6.45) is -0.582. The van der Waals surface area contributed by atoms with Crippen molar-refractivity contribution in [2.45, 2.75) is 37.7 Å². The third-order valence-corrected chi connectivity index (χ3v) is 5.94. The first kappa shape index (κ1) is 25.7. The Kier molecular flexibility index (Phi) is 8.98. The molecule has 0 atom stereocenters. The van der Waals surface area contributed by atoms with Crippen molar-refractivity contribution in [1.29, 1.82) is 0 Å². The maximum atomic E-state index is 12.2. The fourth-order valence-corrected chi connectivity index (χ4v) is 3.44. The second-order valence-electron chi connectivity index (χ2n) is 8.52. The van der Waals surface area contributed by atoms with Crippen molar-refractivity contribution < 1.29 is 49.0 Å². The highest BCUT2D eigenvalue weighted by Crippen LogP contribution is 2.42. The Morgan fingerprint density at radius 2 is 1.00 bits per heavy atom. The standard InChI is InChI=1S/C20H33N3O10/c24-13-19(14-25,15-26)20(4-1-16(27)31-21-6-7-21,5-2-17(28)32-22-8-9-22)30-12-3-18(29)33-23-10-11-23/h24-26H,1-15H2. The van der Waals surface area contributed by atoms with Crippen LogP contribution in [0.2, 0.25) is 0 Å². The van der Waals surface area contributed by atoms with Crippen LogP contribution in [0, 0.1) is 5.41 Å². The zero-order valence-electron chi connectivity index (χ0n) is 18.6. The SMILES string of the molecule is O=C(CCOC(CCC(=O)ON1CC1)(CCC(=O)ON1CC1)C(CO)(CO)CO)ON1CC1. The molecule has 0 aromatic carbocycles. The predicted molar refractivity (Wildman–Crippen MR) is 108 cm³/mol. The summed E-state index contributed by atoms with van der Waals surface area (Å²) >= 11 is 0. The topological polar surface area (TPSA) is 158 Å². The van der Waals surface area contributed by atoms with Gasteiger partial charge in [-0.05, 0) is 12.8 Å². The van der Waals surface area contributed by atoms with Crippen molar-refractivity contribution in [1.82, 2.24) is 15.2 Å². The molecule has 0 amide bonds. The normalized spacial score (nSPS) is 18.6. The predicted octanol–water partition coefficient (Wildman–Crippen LogP) is -2.02. The molecule has 3 N–H and O–H groups in total. The Hall–Kier alpha value is -1.87. The van der Waals surface area contributed by atoms with E-state index in [1.54, 1.807) is 0 Å². The maximum Gasteiger partial charge on any atom is 0.327 e. The lowest BCUT2D eigenvalue weighted by molar-refractivity contribution is -0.205. The third kappa shape index (κ3) is 7.57. The van der Waals surface area contributed by atoms with Crippen LogP contribution in [0.25, 0.3) is 0 Å². The van der Waals surface area contributed by atoms with Crippen molar-refractivity contribution in [2.24, 2.45) is 5.41 Å². The van der Waals surface area contributed by atoms with Crippen LogP contribution in [-0.4, -0.2) is 120 Å². The van der Waals surface area contributed by atoms with Gasteiger partial charge in [0.2, 0.25) is 0 Å². The van der Waals surface area contributed by atoms with E-state index in [9.17, 15) is 29.7 Å². The summed E-state index contributed by atoms with van der Waals surface area (Å²) in [6.45, 7) is 1.68. The van der Waals surface area contributed by atoms with Gasteiger partial charge in [-0.3, -0.25) is 14.4 Å². The number of rotatable bonds is 17. The van der Waals surface area contributed by atoms with Gasteiger partial charge in [-0.15, -0.1) is 15.2 Å². The van der Waals surface area contributed by atoms with Crippen LogP contribution in [0.3, 0.4) is 0 Å². The van der Waals surface area contributed by atoms with Crippen molar-refractivity contribution in [2.75, 3.05) is 65.7 Å². The first-order valence-electron chi connectivity index (χ1n) is 11.2. The van der Waals surface area contributed by atoms with Crippen LogP contribution in [0.5, 0.6) is 0 Å². The molecule has 3 fully saturated rings. The van der Waals surface area contributed by atoms with E-state index in [2.05, 4.69) is 0 Å². The average molecular weight is 475 g/mol. The average Bonchev–Trinajstić information content (AvgIpc) is 3.62. The van der Waals surface area contributed by atoms with Gasteiger partial charge in [-0.25, -0.2) is 0 Å². The molecule has 3 heterocycles. The third-order valence-electron chi connectivity index (χ3n) is 5.94. The maximum absolute atomic E-state index is 12.2. The Morgan fingerprint density at radius 3 is 1.33 bits per heavy atom. The van der Waals surface area contributed by atoms with E-state index >= 15 is 0 Å². The lowest BCUT2D eigenvalue weighted by Crippen LogP contribution is -2.58. The van der Waals surface area contributed by atoms with Crippen LogP contribution >= 0.6 is 0 Å². The largest absolute Gasteiger partial charge is 0.395 e. The molecule has 0 saturated carbocycles. The zero-order valence-corrected chi connectivity index (χ0v) is 18.6. The smallest absolute Gasteiger partial charge is 0.327 e. The highest BCUT2D eigenvalue weighted by atomic mass is 16.7. The Labute approximate surface area is 191 Å². The molecular formula is C20H33N3O10. The molecule has 3 saturated heterocycles. The molecule has 0 bridgehead atoms. The number of aliphatic hydroxyl groups is 3. The molecule has 188 valence electrons. The van der Waals surface area contributed by atoms with Gasteiger partial charge < -0.3 is 34.6 Å². The summed E-state index contributed by atoms with van der Waals surface area (Å²) in [5.41, 5.74) is -3.13. The number of hydrogen-bond donors (Lipinski definition) is 3. The van der Waals surface area contributed by atoms with Gasteiger partial charge >= 0.3 is 17.9 Å². The summed E-state index contributed by atoms with van der Waals surface area (Å²) in [6, 6.07) is 0. The fraction of sp³-hybridized carbons (Fsp3) is 0.850. The van der Waals surface area contributed by atoms with E-state index in [0.717, 1.165) is 0 Å². The van der Waals surface area contributed by atoms with Crippen molar-refractivity contribution >= 4 is 17.9 Å². The number of ether oxygens (including phenoxy) is 1. The minimum atomic E-state index is -1.60. The zero-order chi connectivity index (χ0) is 23.9. The number of aliphatic hydroxyl groups excluding tert-OH is 3. The van der Waals surface area contributed by atoms with Crippen LogP contribution in [0.4, 0.5) is 0 Å². The lowest BCUT2D eigenvalue weighted by atomic mass is 9.68. The molecule has 13 heteroatoms. The lowest BCUT2D eigenvalue weighted by Gasteiger charge is -2.48. The van der Waals surface area contributed by atoms with Gasteiger partial charge in [0.05, 0.1) is 96.0 Å². The molecular weight excluding hydrogens is 442 g/mol.